The third-order valence-corrected chi connectivity index (χ3v) is 8.43. The summed E-state index contributed by atoms with van der Waals surface area (Å²) in [5, 5.41) is 22.6. The number of benzene rings is 2. The molecule has 1 unspecified atom stereocenters. The van der Waals surface area contributed by atoms with Crippen LogP contribution in [0.5, 0.6) is 0 Å². The Kier molecular flexibility index (Phi) is 10.8. The second kappa shape index (κ2) is 14.5. The quantitative estimate of drug-likeness (QED) is 0.239. The van der Waals surface area contributed by atoms with Crippen molar-refractivity contribution in [2.75, 3.05) is 19.7 Å². The van der Waals surface area contributed by atoms with Crippen molar-refractivity contribution in [1.29, 1.82) is 5.41 Å². The van der Waals surface area contributed by atoms with E-state index in [4.69, 9.17) is 22.7 Å². The van der Waals surface area contributed by atoms with Gasteiger partial charge in [0.15, 0.2) is 5.69 Å². The number of carbonyl (C=O) groups excluding carboxylic acids is 2. The number of unbranched alkanes of at least 4 members (excludes halogenated alkanes) is 2. The predicted molar refractivity (Wildman–Crippen MR) is 171 cm³/mol. The number of allylic oxidation sites excluding steroid dienone is 1. The Hall–Kier alpha value is -3.95. The van der Waals surface area contributed by atoms with E-state index in [-0.39, 0.29) is 29.1 Å². The number of carbonyl (C=O) groups is 2. The molecule has 2 heterocycles. The van der Waals surface area contributed by atoms with E-state index in [0.29, 0.717) is 54.3 Å². The van der Waals surface area contributed by atoms with Gasteiger partial charge in [0.2, 0.25) is 0 Å². The molecule has 10 heteroatoms. The second-order valence-electron chi connectivity index (χ2n) is 10.9. The number of nitrogens with two attached hydrogens (primary N) is 1. The van der Waals surface area contributed by atoms with Crippen LogP contribution in [0.2, 0.25) is 5.02 Å². The molecule has 2 aromatic carbocycles. The number of rotatable bonds is 12. The number of nitrogens with one attached hydrogen (secondary N) is 1. The molecule has 228 valence electrons. The van der Waals surface area contributed by atoms with Crippen LogP contribution in [0, 0.1) is 12.3 Å². The number of aliphatic hydroxyl groups is 1. The molecule has 3 aromatic rings. The van der Waals surface area contributed by atoms with Gasteiger partial charge in [-0.15, -0.1) is 0 Å². The van der Waals surface area contributed by atoms with Crippen molar-refractivity contribution in [3.8, 4) is 5.69 Å². The summed E-state index contributed by atoms with van der Waals surface area (Å²) in [6, 6.07) is 12.6. The first-order valence-corrected chi connectivity index (χ1v) is 15.3. The molecule has 1 aliphatic rings. The van der Waals surface area contributed by atoms with Crippen LogP contribution >= 0.6 is 11.6 Å². The minimum Gasteiger partial charge on any atom is -0.398 e. The van der Waals surface area contributed by atoms with Crippen LogP contribution < -0.4 is 5.73 Å². The summed E-state index contributed by atoms with van der Waals surface area (Å²) in [6.45, 7) is 7.32. The minimum atomic E-state index is -0.418. The van der Waals surface area contributed by atoms with E-state index in [0.717, 1.165) is 43.0 Å². The fraction of sp³-hybridized carbons (Fsp3) is 0.394. The van der Waals surface area contributed by atoms with Crippen molar-refractivity contribution in [2.45, 2.75) is 65.5 Å². The number of hydrogen-bond acceptors (Lipinski definition) is 6. The average molecular weight is 605 g/mol. The van der Waals surface area contributed by atoms with Crippen LogP contribution in [-0.2, 0) is 13.0 Å². The lowest BCUT2D eigenvalue weighted by atomic mass is 9.93. The van der Waals surface area contributed by atoms with Gasteiger partial charge in [-0.2, -0.15) is 5.10 Å². The maximum Gasteiger partial charge on any atom is 0.275 e. The molecule has 4 N–H and O–H groups in total. The van der Waals surface area contributed by atoms with Gasteiger partial charge in [0.05, 0.1) is 34.6 Å². The van der Waals surface area contributed by atoms with Crippen molar-refractivity contribution < 1.29 is 14.7 Å². The van der Waals surface area contributed by atoms with Gasteiger partial charge in [0, 0.05) is 31.5 Å². The summed E-state index contributed by atoms with van der Waals surface area (Å²) < 4.78 is 1.55. The molecule has 1 aliphatic heterocycles. The first-order valence-electron chi connectivity index (χ1n) is 14.9. The first-order chi connectivity index (χ1) is 20.7. The van der Waals surface area contributed by atoms with Crippen LogP contribution in [0.15, 0.2) is 48.5 Å². The predicted octanol–water partition coefficient (Wildman–Crippen LogP) is 5.39. The maximum absolute atomic E-state index is 14.3. The maximum atomic E-state index is 14.3. The van der Waals surface area contributed by atoms with Crippen molar-refractivity contribution in [2.24, 2.45) is 5.73 Å². The summed E-state index contributed by atoms with van der Waals surface area (Å²) in [6.07, 6.45) is 6.74. The van der Waals surface area contributed by atoms with Gasteiger partial charge >= 0.3 is 0 Å². The zero-order valence-corrected chi connectivity index (χ0v) is 25.9. The van der Waals surface area contributed by atoms with E-state index in [1.54, 1.807) is 39.6 Å². The van der Waals surface area contributed by atoms with Gasteiger partial charge in [0.25, 0.3) is 11.8 Å². The third-order valence-electron chi connectivity index (χ3n) is 7.97. The number of aromatic nitrogens is 2. The molecule has 1 atom stereocenters. The molecule has 0 radical (unpaired) electrons. The minimum absolute atomic E-state index is 0.150. The number of aliphatic hydroxyl groups excluding tert-OH is 1. The van der Waals surface area contributed by atoms with Crippen LogP contribution in [0.3, 0.4) is 0 Å². The molecule has 1 aromatic heterocycles. The number of halogens is 1. The second-order valence-corrected chi connectivity index (χ2v) is 11.3. The van der Waals surface area contributed by atoms with E-state index in [9.17, 15) is 14.7 Å². The Morgan fingerprint density at radius 2 is 1.81 bits per heavy atom. The molecule has 0 saturated heterocycles. The monoisotopic (exact) mass is 604 g/mol. The summed E-state index contributed by atoms with van der Waals surface area (Å²) in [4.78, 5) is 31.5. The Morgan fingerprint density at radius 3 is 2.44 bits per heavy atom. The van der Waals surface area contributed by atoms with E-state index >= 15 is 0 Å². The SMILES string of the molecule is CCCCN(CCCC)C(=O)c1nn(-c2ccc(/C(N)=C/C=N)cc2C(=O)N2Cc3ccccc3CC2CO)c(C)c1Cl. The number of amides is 2. The molecule has 0 fully saturated rings. The Balaban J connectivity index is 1.81. The van der Waals surface area contributed by atoms with E-state index in [1.165, 1.54) is 6.08 Å². The van der Waals surface area contributed by atoms with Crippen molar-refractivity contribution in [3.63, 3.8) is 0 Å². The third kappa shape index (κ3) is 6.84. The largest absolute Gasteiger partial charge is 0.398 e. The highest BCUT2D eigenvalue weighted by molar-refractivity contribution is 6.34. The van der Waals surface area contributed by atoms with Crippen molar-refractivity contribution in [1.82, 2.24) is 19.6 Å². The lowest BCUT2D eigenvalue weighted by Crippen LogP contribution is -2.46. The highest BCUT2D eigenvalue weighted by atomic mass is 35.5. The number of fused-ring (bicyclic) bond motifs is 1. The van der Waals surface area contributed by atoms with E-state index < -0.39 is 6.04 Å². The lowest BCUT2D eigenvalue weighted by Gasteiger charge is -2.36. The smallest absolute Gasteiger partial charge is 0.275 e. The van der Waals surface area contributed by atoms with Crippen LogP contribution in [0.4, 0.5) is 0 Å². The van der Waals surface area contributed by atoms with Gasteiger partial charge < -0.3 is 26.0 Å². The molecular weight excluding hydrogens is 564 g/mol. The standard InChI is InChI=1S/C33H41ClN6O3/c1-4-6-16-38(17-7-5-2)33(43)31-30(34)22(3)40(37-31)29-13-12-24(28(36)14-15-35)19-27(29)32(42)39-20-25-11-9-8-10-23(25)18-26(39)21-41/h8-15,19,26,35,41H,4-7,16-18,20-21,36H2,1-3H3/b28-14-,35-15?. The van der Waals surface area contributed by atoms with Crippen LogP contribution in [-0.4, -0.2) is 68.5 Å². The van der Waals surface area contributed by atoms with Gasteiger partial charge in [-0.3, -0.25) is 9.59 Å². The molecule has 43 heavy (non-hydrogen) atoms. The molecular formula is C33H41ClN6O3. The summed E-state index contributed by atoms with van der Waals surface area (Å²) in [5.74, 6) is -0.538. The van der Waals surface area contributed by atoms with Crippen molar-refractivity contribution >= 4 is 35.3 Å². The van der Waals surface area contributed by atoms with Gasteiger partial charge in [-0.25, -0.2) is 4.68 Å². The molecule has 0 bridgehead atoms. The first kappa shape index (κ1) is 32.0. The summed E-state index contributed by atoms with van der Waals surface area (Å²) >= 11 is 6.76. The zero-order valence-electron chi connectivity index (χ0n) is 25.1. The molecule has 0 aliphatic carbocycles. The Morgan fingerprint density at radius 1 is 1.14 bits per heavy atom. The molecule has 4 rings (SSSR count). The number of hydrogen-bond donors (Lipinski definition) is 3. The van der Waals surface area contributed by atoms with Gasteiger partial charge in [0.1, 0.15) is 0 Å². The van der Waals surface area contributed by atoms with Gasteiger partial charge in [-0.1, -0.05) is 68.6 Å². The fourth-order valence-electron chi connectivity index (χ4n) is 5.42. The Bertz CT molecular complexity index is 1510. The highest BCUT2D eigenvalue weighted by Gasteiger charge is 2.33. The Labute approximate surface area is 258 Å². The average Bonchev–Trinajstić information content (AvgIpc) is 3.32. The van der Waals surface area contributed by atoms with E-state index in [1.807, 2.05) is 24.3 Å². The molecule has 0 saturated carbocycles. The normalized spacial score (nSPS) is 14.9. The van der Waals surface area contributed by atoms with Gasteiger partial charge in [-0.05, 0) is 61.1 Å². The van der Waals surface area contributed by atoms with E-state index in [2.05, 4.69) is 18.9 Å². The highest BCUT2D eigenvalue weighted by Crippen LogP contribution is 2.31. The van der Waals surface area contributed by atoms with Crippen LogP contribution in [0.25, 0.3) is 11.4 Å². The summed E-state index contributed by atoms with van der Waals surface area (Å²) in [5.41, 5.74) is 10.7. The van der Waals surface area contributed by atoms with Crippen molar-refractivity contribution in [3.05, 3.63) is 87.2 Å². The fourth-order valence-corrected chi connectivity index (χ4v) is 5.62. The number of nitrogens with zero attached hydrogens (tertiary/aromatic N) is 4. The molecule has 0 spiro atoms. The topological polar surface area (TPSA) is 129 Å². The lowest BCUT2D eigenvalue weighted by molar-refractivity contribution is 0.0544. The summed E-state index contributed by atoms with van der Waals surface area (Å²) in [7, 11) is 0. The zero-order chi connectivity index (χ0) is 31.1. The molecule has 9 nitrogen and oxygen atoms in total. The molecule has 2 amide bonds. The van der Waals surface area contributed by atoms with Crippen LogP contribution in [0.1, 0.15) is 82.8 Å².